The number of benzene rings is 1. The van der Waals surface area contributed by atoms with Crippen molar-refractivity contribution < 1.29 is 9.53 Å². The lowest BCUT2D eigenvalue weighted by atomic mass is 10.1. The molecule has 19 heavy (non-hydrogen) atoms. The number of rotatable bonds is 6. The van der Waals surface area contributed by atoms with Gasteiger partial charge in [0.2, 0.25) is 0 Å². The zero-order chi connectivity index (χ0) is 13.5. The summed E-state index contributed by atoms with van der Waals surface area (Å²) >= 11 is 0. The molecule has 0 aliphatic carbocycles. The maximum Gasteiger partial charge on any atom is 0.153 e. The van der Waals surface area contributed by atoms with Crippen LogP contribution in [0.15, 0.2) is 42.7 Å². The van der Waals surface area contributed by atoms with Crippen LogP contribution in [0.1, 0.15) is 27.9 Å². The molecule has 0 saturated carbocycles. The van der Waals surface area contributed by atoms with Gasteiger partial charge in [-0.25, -0.2) is 0 Å². The van der Waals surface area contributed by atoms with Crippen LogP contribution in [0, 0.1) is 6.92 Å². The molecule has 0 fully saturated rings. The van der Waals surface area contributed by atoms with Gasteiger partial charge in [-0.3, -0.25) is 9.78 Å². The normalized spacial score (nSPS) is 10.2. The maximum atomic E-state index is 10.9. The van der Waals surface area contributed by atoms with Crippen molar-refractivity contribution in [1.29, 1.82) is 0 Å². The van der Waals surface area contributed by atoms with Crippen molar-refractivity contribution in [2.45, 2.75) is 19.8 Å². The van der Waals surface area contributed by atoms with E-state index in [-0.39, 0.29) is 0 Å². The summed E-state index contributed by atoms with van der Waals surface area (Å²) in [5, 5.41) is 0. The Labute approximate surface area is 113 Å². The van der Waals surface area contributed by atoms with Crippen molar-refractivity contribution in [3.05, 3.63) is 59.4 Å². The Hall–Kier alpha value is -2.16. The van der Waals surface area contributed by atoms with Crippen LogP contribution in [0.3, 0.4) is 0 Å². The molecule has 1 aromatic heterocycles. The molecule has 0 radical (unpaired) electrons. The van der Waals surface area contributed by atoms with E-state index < -0.39 is 0 Å². The Morgan fingerprint density at radius 1 is 1.21 bits per heavy atom. The van der Waals surface area contributed by atoms with Crippen LogP contribution in [-0.2, 0) is 6.42 Å². The van der Waals surface area contributed by atoms with Crippen LogP contribution in [0.5, 0.6) is 5.75 Å². The number of hydrogen-bond acceptors (Lipinski definition) is 3. The second-order valence-electron chi connectivity index (χ2n) is 4.47. The van der Waals surface area contributed by atoms with Crippen LogP contribution in [0.25, 0.3) is 0 Å². The van der Waals surface area contributed by atoms with E-state index in [1.807, 2.05) is 37.3 Å². The molecule has 1 heterocycles. The molecule has 0 saturated heterocycles. The van der Waals surface area contributed by atoms with Crippen molar-refractivity contribution in [3.63, 3.8) is 0 Å². The molecule has 2 aromatic rings. The van der Waals surface area contributed by atoms with Gasteiger partial charge in [-0.05, 0) is 49.6 Å². The monoisotopic (exact) mass is 255 g/mol. The lowest BCUT2D eigenvalue weighted by Gasteiger charge is -2.09. The smallest absolute Gasteiger partial charge is 0.153 e. The van der Waals surface area contributed by atoms with Crippen molar-refractivity contribution in [1.82, 2.24) is 4.98 Å². The highest BCUT2D eigenvalue weighted by atomic mass is 16.5. The molecule has 98 valence electrons. The van der Waals surface area contributed by atoms with Gasteiger partial charge in [0, 0.05) is 12.4 Å². The first-order valence-electron chi connectivity index (χ1n) is 6.37. The molecule has 2 rings (SSSR count). The van der Waals surface area contributed by atoms with Crippen LogP contribution in [-0.4, -0.2) is 17.9 Å². The minimum Gasteiger partial charge on any atom is -0.493 e. The van der Waals surface area contributed by atoms with E-state index in [4.69, 9.17) is 4.74 Å². The number of nitrogens with zero attached hydrogens (tertiary/aromatic N) is 1. The number of ether oxygens (including phenoxy) is 1. The lowest BCUT2D eigenvalue weighted by Crippen LogP contribution is -2.01. The lowest BCUT2D eigenvalue weighted by molar-refractivity contribution is 0.111. The Balaban J connectivity index is 1.84. The molecule has 0 amide bonds. The second-order valence-corrected chi connectivity index (χ2v) is 4.47. The molecule has 0 aliphatic heterocycles. The zero-order valence-corrected chi connectivity index (χ0v) is 11.0. The van der Waals surface area contributed by atoms with Gasteiger partial charge >= 0.3 is 0 Å². The van der Waals surface area contributed by atoms with Crippen molar-refractivity contribution in [3.8, 4) is 5.75 Å². The quantitative estimate of drug-likeness (QED) is 0.587. The first-order valence-corrected chi connectivity index (χ1v) is 6.37. The molecule has 0 aliphatic rings. The van der Waals surface area contributed by atoms with Crippen LogP contribution in [0.4, 0.5) is 0 Å². The molecule has 0 unspecified atom stereocenters. The predicted molar refractivity (Wildman–Crippen MR) is 74.6 cm³/mol. The van der Waals surface area contributed by atoms with Gasteiger partial charge in [0.15, 0.2) is 6.29 Å². The van der Waals surface area contributed by atoms with Gasteiger partial charge in [0.25, 0.3) is 0 Å². The highest BCUT2D eigenvalue weighted by Gasteiger charge is 2.03. The largest absolute Gasteiger partial charge is 0.493 e. The number of pyridine rings is 1. The minimum atomic E-state index is 0.603. The fourth-order valence-electron chi connectivity index (χ4n) is 1.90. The van der Waals surface area contributed by atoms with Gasteiger partial charge in [0.1, 0.15) is 5.75 Å². The topological polar surface area (TPSA) is 39.2 Å². The van der Waals surface area contributed by atoms with E-state index in [0.29, 0.717) is 17.9 Å². The molecule has 0 spiro atoms. The van der Waals surface area contributed by atoms with E-state index in [1.165, 1.54) is 5.56 Å². The molecular weight excluding hydrogens is 238 g/mol. The summed E-state index contributed by atoms with van der Waals surface area (Å²) in [6.07, 6.45) is 6.29. The highest BCUT2D eigenvalue weighted by Crippen LogP contribution is 2.18. The third-order valence-electron chi connectivity index (χ3n) is 2.91. The van der Waals surface area contributed by atoms with E-state index in [0.717, 1.165) is 24.7 Å². The molecule has 3 heteroatoms. The number of aryl methyl sites for hydroxylation is 2. The summed E-state index contributed by atoms with van der Waals surface area (Å²) in [4.78, 5) is 14.9. The SMILES string of the molecule is Cc1ccc(OCCCc2ccncc2)c(C=O)c1. The van der Waals surface area contributed by atoms with E-state index in [9.17, 15) is 4.79 Å². The summed E-state index contributed by atoms with van der Waals surface area (Å²) < 4.78 is 5.66. The summed E-state index contributed by atoms with van der Waals surface area (Å²) in [6, 6.07) is 9.65. The van der Waals surface area contributed by atoms with Crippen molar-refractivity contribution in [2.75, 3.05) is 6.61 Å². The standard InChI is InChI=1S/C16H17NO2/c1-13-4-5-16(15(11-13)12-18)19-10-2-3-14-6-8-17-9-7-14/h4-9,11-12H,2-3,10H2,1H3. The molecule has 3 nitrogen and oxygen atoms in total. The Morgan fingerprint density at radius 3 is 2.74 bits per heavy atom. The Morgan fingerprint density at radius 2 is 2.00 bits per heavy atom. The maximum absolute atomic E-state index is 10.9. The van der Waals surface area contributed by atoms with E-state index >= 15 is 0 Å². The molecule has 0 bridgehead atoms. The highest BCUT2D eigenvalue weighted by molar-refractivity contribution is 5.79. The Kier molecular flexibility index (Phi) is 4.67. The molecule has 1 aromatic carbocycles. The number of aromatic nitrogens is 1. The zero-order valence-electron chi connectivity index (χ0n) is 11.0. The van der Waals surface area contributed by atoms with E-state index in [1.54, 1.807) is 12.4 Å². The number of carbonyl (C=O) groups excluding carboxylic acids is 1. The fourth-order valence-corrected chi connectivity index (χ4v) is 1.90. The third-order valence-corrected chi connectivity index (χ3v) is 2.91. The minimum absolute atomic E-state index is 0.603. The third kappa shape index (κ3) is 3.91. The number of aldehydes is 1. The summed E-state index contributed by atoms with van der Waals surface area (Å²) in [6.45, 7) is 2.56. The van der Waals surface area contributed by atoms with Crippen LogP contribution >= 0.6 is 0 Å². The van der Waals surface area contributed by atoms with Gasteiger partial charge in [-0.1, -0.05) is 11.6 Å². The second kappa shape index (κ2) is 6.69. The summed E-state index contributed by atoms with van der Waals surface area (Å²) in [5.41, 5.74) is 2.92. The van der Waals surface area contributed by atoms with Gasteiger partial charge < -0.3 is 4.74 Å². The molecule has 0 atom stereocenters. The number of carbonyl (C=O) groups is 1. The number of hydrogen-bond donors (Lipinski definition) is 0. The fraction of sp³-hybridized carbons (Fsp3) is 0.250. The summed E-state index contributed by atoms with van der Waals surface area (Å²) in [5.74, 6) is 0.662. The van der Waals surface area contributed by atoms with Crippen molar-refractivity contribution >= 4 is 6.29 Å². The van der Waals surface area contributed by atoms with Crippen molar-refractivity contribution in [2.24, 2.45) is 0 Å². The van der Waals surface area contributed by atoms with Crippen LogP contribution < -0.4 is 4.74 Å². The Bertz CT molecular complexity index is 538. The predicted octanol–water partition coefficient (Wildman–Crippen LogP) is 3.21. The average molecular weight is 255 g/mol. The first-order chi connectivity index (χ1) is 9.29. The van der Waals surface area contributed by atoms with Gasteiger partial charge in [-0.15, -0.1) is 0 Å². The van der Waals surface area contributed by atoms with Crippen LogP contribution in [0.2, 0.25) is 0 Å². The first kappa shape index (κ1) is 13.3. The van der Waals surface area contributed by atoms with Gasteiger partial charge in [0.05, 0.1) is 12.2 Å². The van der Waals surface area contributed by atoms with Gasteiger partial charge in [-0.2, -0.15) is 0 Å². The summed E-state index contributed by atoms with van der Waals surface area (Å²) in [7, 11) is 0. The molecule has 0 N–H and O–H groups in total. The van der Waals surface area contributed by atoms with E-state index in [2.05, 4.69) is 4.98 Å². The molecular formula is C16H17NO2. The average Bonchev–Trinajstić information content (AvgIpc) is 2.46.